The number of hydrogen-bond acceptors (Lipinski definition) is 2. The summed E-state index contributed by atoms with van der Waals surface area (Å²) in [5.74, 6) is 0. The number of rotatable bonds is 0. The van der Waals surface area contributed by atoms with Crippen LogP contribution in [0.4, 0.5) is 0 Å². The van der Waals surface area contributed by atoms with E-state index < -0.39 is 0 Å². The molecular weight excluding hydrogens is 315 g/mol. The largest absolute Gasteiger partial charge is 4.00 e. The Hall–Kier alpha value is -0.497. The van der Waals surface area contributed by atoms with Crippen LogP contribution in [0.25, 0.3) is 0 Å². The van der Waals surface area contributed by atoms with Gasteiger partial charge in [-0.3, -0.25) is 0 Å². The van der Waals surface area contributed by atoms with E-state index in [0.29, 0.717) is 0 Å². The Labute approximate surface area is 137 Å². The average Bonchev–Trinajstić information content (AvgIpc) is 2.93. The van der Waals surface area contributed by atoms with Crippen molar-refractivity contribution >= 4 is 0 Å². The fourth-order valence-corrected chi connectivity index (χ4v) is 1.44. The van der Waals surface area contributed by atoms with Gasteiger partial charge in [0.1, 0.15) is 0 Å². The van der Waals surface area contributed by atoms with Crippen LogP contribution in [0.15, 0.2) is 36.4 Å². The molecule has 2 nitrogen and oxygen atoms in total. The minimum atomic E-state index is 0. The predicted octanol–water partition coefficient (Wildman–Crippen LogP) is 2.00. The minimum Gasteiger partial charge on any atom is -0.857 e. The fourth-order valence-electron chi connectivity index (χ4n) is 1.44. The SMILES string of the molecule is C[O-].C[O-].Cc1cc[c-](C)c1.Cc1cc[c-](C)c1.[Zr+4]. The van der Waals surface area contributed by atoms with E-state index >= 15 is 0 Å². The molecule has 0 fully saturated rings. The van der Waals surface area contributed by atoms with E-state index in [1.807, 2.05) is 0 Å². The standard InChI is InChI=1S/2C7H9.2CH3O.Zr/c2*1-6-3-4-7(2)5-6;2*1-2;/h2*3-5H,1-2H3;2*1H3;/q4*-1;+4. The van der Waals surface area contributed by atoms with Gasteiger partial charge in [-0.1, -0.05) is 27.7 Å². The van der Waals surface area contributed by atoms with Gasteiger partial charge in [0.25, 0.3) is 0 Å². The van der Waals surface area contributed by atoms with E-state index in [1.54, 1.807) is 0 Å². The van der Waals surface area contributed by atoms with Gasteiger partial charge >= 0.3 is 26.2 Å². The second-order valence-corrected chi connectivity index (χ2v) is 3.93. The van der Waals surface area contributed by atoms with Gasteiger partial charge in [-0.2, -0.15) is 49.6 Å². The van der Waals surface area contributed by atoms with Crippen LogP contribution in [-0.2, 0) is 26.2 Å². The predicted molar refractivity (Wildman–Crippen MR) is 74.9 cm³/mol. The Bertz CT molecular complexity index is 318. The molecule has 0 aliphatic heterocycles. The van der Waals surface area contributed by atoms with Crippen molar-refractivity contribution in [3.8, 4) is 0 Å². The number of hydrogen-bond donors (Lipinski definition) is 0. The first-order chi connectivity index (χ1) is 8.58. The van der Waals surface area contributed by atoms with Crippen LogP contribution in [0.2, 0.25) is 0 Å². The zero-order chi connectivity index (χ0) is 14.6. The van der Waals surface area contributed by atoms with Crippen LogP contribution in [0, 0.1) is 27.7 Å². The van der Waals surface area contributed by atoms with Crippen molar-refractivity contribution in [3.63, 3.8) is 0 Å². The molecule has 0 aromatic heterocycles. The smallest absolute Gasteiger partial charge is 0.857 e. The average molecular weight is 340 g/mol. The van der Waals surface area contributed by atoms with E-state index in [9.17, 15) is 0 Å². The van der Waals surface area contributed by atoms with Crippen LogP contribution < -0.4 is 10.2 Å². The normalized spacial score (nSPS) is 7.58. The Morgan fingerprint density at radius 2 is 1.00 bits per heavy atom. The van der Waals surface area contributed by atoms with E-state index in [4.69, 9.17) is 10.2 Å². The maximum absolute atomic E-state index is 8.25. The minimum absolute atomic E-state index is 0. The molecule has 0 N–H and O–H groups in total. The third kappa shape index (κ3) is 13.7. The molecule has 0 saturated heterocycles. The Balaban J connectivity index is -0.000000205. The van der Waals surface area contributed by atoms with E-state index in [2.05, 4.69) is 64.1 Å². The molecule has 19 heavy (non-hydrogen) atoms. The molecule has 0 saturated carbocycles. The van der Waals surface area contributed by atoms with Crippen molar-refractivity contribution in [2.75, 3.05) is 14.2 Å². The molecule has 2 aromatic rings. The van der Waals surface area contributed by atoms with Crippen molar-refractivity contribution in [2.45, 2.75) is 27.7 Å². The summed E-state index contributed by atoms with van der Waals surface area (Å²) in [7, 11) is 1.50. The van der Waals surface area contributed by atoms with Crippen LogP contribution in [0.1, 0.15) is 22.3 Å². The van der Waals surface area contributed by atoms with Crippen molar-refractivity contribution in [3.05, 3.63) is 58.7 Å². The first kappa shape index (κ1) is 23.6. The monoisotopic (exact) mass is 338 g/mol. The second-order valence-electron chi connectivity index (χ2n) is 3.93. The Kier molecular flexibility index (Phi) is 19.3. The molecule has 0 unspecified atom stereocenters. The third-order valence-electron chi connectivity index (χ3n) is 2.13. The molecule has 0 atom stereocenters. The van der Waals surface area contributed by atoms with Crippen molar-refractivity contribution in [1.29, 1.82) is 0 Å². The molecule has 104 valence electrons. The molecule has 2 rings (SSSR count). The summed E-state index contributed by atoms with van der Waals surface area (Å²) < 4.78 is 0. The summed E-state index contributed by atoms with van der Waals surface area (Å²) in [5.41, 5.74) is 5.44. The van der Waals surface area contributed by atoms with Gasteiger partial charge in [0.2, 0.25) is 0 Å². The Morgan fingerprint density at radius 3 is 1.05 bits per heavy atom. The van der Waals surface area contributed by atoms with Crippen LogP contribution in [-0.4, -0.2) is 14.2 Å². The molecule has 2 aromatic carbocycles. The first-order valence-electron chi connectivity index (χ1n) is 5.79. The van der Waals surface area contributed by atoms with Gasteiger partial charge in [0.15, 0.2) is 0 Å². The maximum Gasteiger partial charge on any atom is 4.00 e. The third-order valence-corrected chi connectivity index (χ3v) is 2.13. The summed E-state index contributed by atoms with van der Waals surface area (Å²) in [4.78, 5) is 0. The molecule has 0 amide bonds. The van der Waals surface area contributed by atoms with Gasteiger partial charge in [-0.15, -0.1) is 0 Å². The molecule has 0 radical (unpaired) electrons. The quantitative estimate of drug-likeness (QED) is 0.689. The van der Waals surface area contributed by atoms with E-state index in [-0.39, 0.29) is 26.2 Å². The Morgan fingerprint density at radius 1 is 0.737 bits per heavy atom. The maximum atomic E-state index is 8.25. The molecule has 0 heterocycles. The van der Waals surface area contributed by atoms with Crippen LogP contribution in [0.3, 0.4) is 0 Å². The second kappa shape index (κ2) is 15.6. The van der Waals surface area contributed by atoms with E-state index in [0.717, 1.165) is 14.2 Å². The summed E-state index contributed by atoms with van der Waals surface area (Å²) in [6.45, 7) is 8.42. The van der Waals surface area contributed by atoms with Gasteiger partial charge in [-0.25, -0.2) is 23.3 Å². The molecule has 0 spiro atoms. The van der Waals surface area contributed by atoms with Gasteiger partial charge in [0.05, 0.1) is 0 Å². The number of aryl methyl sites for hydroxylation is 4. The molecule has 0 bridgehead atoms. The van der Waals surface area contributed by atoms with Gasteiger partial charge in [-0.05, 0) is 0 Å². The van der Waals surface area contributed by atoms with Crippen LogP contribution in [0.5, 0.6) is 0 Å². The molecule has 0 aliphatic carbocycles. The van der Waals surface area contributed by atoms with Crippen molar-refractivity contribution in [1.82, 2.24) is 0 Å². The summed E-state index contributed by atoms with van der Waals surface area (Å²) in [6.07, 6.45) is 0. The topological polar surface area (TPSA) is 46.1 Å². The molecule has 3 heteroatoms. The van der Waals surface area contributed by atoms with E-state index in [1.165, 1.54) is 22.3 Å². The zero-order valence-electron chi connectivity index (χ0n) is 12.8. The molecular formula is C16H24O2Zr. The first-order valence-corrected chi connectivity index (χ1v) is 5.79. The summed E-state index contributed by atoms with van der Waals surface area (Å²) in [5, 5.41) is 16.5. The fraction of sp³-hybridized carbons (Fsp3) is 0.375. The molecule has 0 aliphatic rings. The van der Waals surface area contributed by atoms with Gasteiger partial charge in [0, 0.05) is 0 Å². The van der Waals surface area contributed by atoms with Crippen molar-refractivity contribution < 1.29 is 36.4 Å². The zero-order valence-corrected chi connectivity index (χ0v) is 15.2. The van der Waals surface area contributed by atoms with Gasteiger partial charge < -0.3 is 10.2 Å². The van der Waals surface area contributed by atoms with Crippen molar-refractivity contribution in [2.24, 2.45) is 0 Å². The summed E-state index contributed by atoms with van der Waals surface area (Å²) >= 11 is 0. The van der Waals surface area contributed by atoms with Crippen LogP contribution >= 0.6 is 0 Å². The summed E-state index contributed by atoms with van der Waals surface area (Å²) in [6, 6.07) is 12.8.